The van der Waals surface area contributed by atoms with E-state index in [-0.39, 0.29) is 29.8 Å². The minimum Gasteiger partial charge on any atom is -0.364 e. The van der Waals surface area contributed by atoms with E-state index in [1.165, 1.54) is 29.5 Å². The molecule has 1 aromatic carbocycles. The number of imide groups is 1. The summed E-state index contributed by atoms with van der Waals surface area (Å²) in [6, 6.07) is 5.09. The molecule has 0 aromatic heterocycles. The molecular weight excluding hydrogens is 375 g/mol. The Hall–Kier alpha value is -2.32. The Morgan fingerprint density at radius 3 is 2.41 bits per heavy atom. The molecule has 1 aromatic rings. The summed E-state index contributed by atoms with van der Waals surface area (Å²) in [5.74, 6) is -1.31. The maximum Gasteiger partial charge on any atom is 0.292 e. The maximum absolute atomic E-state index is 13.6. The molecule has 156 valence electrons. The third kappa shape index (κ3) is 3.55. The lowest BCUT2D eigenvalue weighted by molar-refractivity contribution is -0.978. The average molecular weight is 404 g/mol. The largest absolute Gasteiger partial charge is 0.364 e. The van der Waals surface area contributed by atoms with Crippen molar-refractivity contribution in [3.8, 4) is 0 Å². The monoisotopic (exact) mass is 404 g/mol. The zero-order chi connectivity index (χ0) is 20.6. The minimum atomic E-state index is -0.558. The van der Waals surface area contributed by atoms with Crippen LogP contribution in [0.25, 0.3) is 0 Å². The van der Waals surface area contributed by atoms with Crippen LogP contribution in [0.5, 0.6) is 0 Å². The van der Waals surface area contributed by atoms with E-state index in [4.69, 9.17) is 5.73 Å². The summed E-state index contributed by atoms with van der Waals surface area (Å²) in [5, 5.41) is 0. The molecule has 0 unspecified atom stereocenters. The molecule has 4 N–H and O–H groups in total. The number of carbonyl (C=O) groups is 3. The molecule has 0 aliphatic carbocycles. The average Bonchev–Trinajstić information content (AvgIpc) is 3.02. The molecule has 8 heteroatoms. The first-order valence-corrected chi connectivity index (χ1v) is 10.5. The van der Waals surface area contributed by atoms with Crippen LogP contribution in [-0.2, 0) is 14.4 Å². The van der Waals surface area contributed by atoms with Crippen LogP contribution in [0, 0.1) is 5.82 Å². The maximum atomic E-state index is 13.6. The van der Waals surface area contributed by atoms with Gasteiger partial charge in [0.2, 0.25) is 5.91 Å². The van der Waals surface area contributed by atoms with Crippen molar-refractivity contribution >= 4 is 23.4 Å². The van der Waals surface area contributed by atoms with Gasteiger partial charge in [-0.2, -0.15) is 0 Å². The lowest BCUT2D eigenvalue weighted by atomic mass is 9.83. The molecule has 3 amide bonds. The number of anilines is 1. The highest BCUT2D eigenvalue weighted by molar-refractivity contribution is 6.21. The Morgan fingerprint density at radius 1 is 1.10 bits per heavy atom. The van der Waals surface area contributed by atoms with Crippen molar-refractivity contribution in [2.24, 2.45) is 5.73 Å². The van der Waals surface area contributed by atoms with Crippen molar-refractivity contribution < 1.29 is 28.6 Å². The number of hydrogen-bond donors (Lipinski definition) is 3. The molecule has 7 nitrogen and oxygen atoms in total. The summed E-state index contributed by atoms with van der Waals surface area (Å²) in [6.07, 6.45) is 4.79. The standard InChI is InChI=1S/C21H27FN4O3/c22-15-5-4-6-16(13-15)26-18(27)14-17(19(26)28)24-11-7-21(8-12-24,20(23)29)25-9-2-1-3-10-25/h4-6,13,17H,1-3,7-12,14H2,(H2,23,29)/p+2/t17-/m0/s1. The zero-order valence-electron chi connectivity index (χ0n) is 16.6. The van der Waals surface area contributed by atoms with E-state index in [2.05, 4.69) is 0 Å². The summed E-state index contributed by atoms with van der Waals surface area (Å²) >= 11 is 0. The quantitative estimate of drug-likeness (QED) is 0.530. The first-order chi connectivity index (χ1) is 13.9. The summed E-state index contributed by atoms with van der Waals surface area (Å²) < 4.78 is 13.6. The number of nitrogens with zero attached hydrogens (tertiary/aromatic N) is 1. The van der Waals surface area contributed by atoms with E-state index in [1.54, 1.807) is 6.07 Å². The van der Waals surface area contributed by atoms with Crippen LogP contribution in [-0.4, -0.2) is 55.5 Å². The number of benzene rings is 1. The fourth-order valence-corrected chi connectivity index (χ4v) is 5.42. The molecule has 29 heavy (non-hydrogen) atoms. The number of likely N-dealkylation sites (tertiary alicyclic amines) is 2. The van der Waals surface area contributed by atoms with Crippen molar-refractivity contribution in [3.63, 3.8) is 0 Å². The van der Waals surface area contributed by atoms with Gasteiger partial charge in [0.15, 0.2) is 11.6 Å². The van der Waals surface area contributed by atoms with Crippen LogP contribution in [0.4, 0.5) is 10.1 Å². The van der Waals surface area contributed by atoms with Crippen molar-refractivity contribution in [2.45, 2.75) is 50.1 Å². The van der Waals surface area contributed by atoms with E-state index in [1.807, 2.05) is 0 Å². The summed E-state index contributed by atoms with van der Waals surface area (Å²) in [7, 11) is 0. The molecular formula is C21H29FN4O3+2. The molecule has 3 aliphatic rings. The topological polar surface area (TPSA) is 89.3 Å². The number of amides is 3. The molecule has 3 heterocycles. The summed E-state index contributed by atoms with van der Waals surface area (Å²) in [5.41, 5.74) is 5.58. The number of halogens is 1. The van der Waals surface area contributed by atoms with Crippen LogP contribution in [0.15, 0.2) is 24.3 Å². The first-order valence-electron chi connectivity index (χ1n) is 10.5. The number of nitrogens with two attached hydrogens (primary N) is 1. The van der Waals surface area contributed by atoms with Crippen LogP contribution in [0.3, 0.4) is 0 Å². The molecule has 0 saturated carbocycles. The SMILES string of the molecule is NC(=O)C1([NH+]2CCCCC2)CC[NH+]([C@H]2CC(=O)N(c3cccc(F)c3)C2=O)CC1. The lowest BCUT2D eigenvalue weighted by Gasteiger charge is -2.44. The lowest BCUT2D eigenvalue weighted by Crippen LogP contribution is -3.27. The van der Waals surface area contributed by atoms with Gasteiger partial charge in [0, 0.05) is 0 Å². The number of rotatable bonds is 4. The number of quaternary nitrogens is 2. The third-order valence-corrected chi connectivity index (χ3v) is 7.06. The fourth-order valence-electron chi connectivity index (χ4n) is 5.42. The Labute approximate surface area is 169 Å². The van der Waals surface area contributed by atoms with E-state index in [0.717, 1.165) is 35.7 Å². The van der Waals surface area contributed by atoms with E-state index < -0.39 is 17.4 Å². The number of hydrogen-bond acceptors (Lipinski definition) is 3. The number of primary amides is 1. The molecule has 0 radical (unpaired) electrons. The van der Waals surface area contributed by atoms with E-state index in [0.29, 0.717) is 25.9 Å². The van der Waals surface area contributed by atoms with Crippen LogP contribution >= 0.6 is 0 Å². The van der Waals surface area contributed by atoms with Crippen LogP contribution in [0.1, 0.15) is 38.5 Å². The van der Waals surface area contributed by atoms with Gasteiger partial charge in [-0.05, 0) is 37.5 Å². The number of nitrogens with one attached hydrogen (secondary N) is 2. The Balaban J connectivity index is 1.47. The normalized spacial score (nSPS) is 31.3. The van der Waals surface area contributed by atoms with Crippen LogP contribution in [0.2, 0.25) is 0 Å². The van der Waals surface area contributed by atoms with Gasteiger partial charge in [0.1, 0.15) is 5.82 Å². The summed E-state index contributed by atoms with van der Waals surface area (Å²) in [4.78, 5) is 41.3. The van der Waals surface area contributed by atoms with Crippen molar-refractivity contribution in [2.75, 3.05) is 31.1 Å². The highest BCUT2D eigenvalue weighted by atomic mass is 19.1. The van der Waals surface area contributed by atoms with Gasteiger partial charge >= 0.3 is 0 Å². The van der Waals surface area contributed by atoms with E-state index in [9.17, 15) is 18.8 Å². The van der Waals surface area contributed by atoms with Crippen LogP contribution < -0.4 is 20.4 Å². The second kappa shape index (κ2) is 7.84. The van der Waals surface area contributed by atoms with Gasteiger partial charge in [0.05, 0.1) is 51.1 Å². The molecule has 0 spiro atoms. The molecule has 0 bridgehead atoms. The van der Waals surface area contributed by atoms with Crippen molar-refractivity contribution in [1.82, 2.24) is 0 Å². The predicted molar refractivity (Wildman–Crippen MR) is 104 cm³/mol. The predicted octanol–water partition coefficient (Wildman–Crippen LogP) is -1.57. The van der Waals surface area contributed by atoms with Gasteiger partial charge in [-0.3, -0.25) is 14.4 Å². The van der Waals surface area contributed by atoms with Crippen molar-refractivity contribution in [1.29, 1.82) is 0 Å². The molecule has 3 aliphatic heterocycles. The Kier molecular flexibility index (Phi) is 5.40. The zero-order valence-corrected chi connectivity index (χ0v) is 16.6. The highest BCUT2D eigenvalue weighted by Gasteiger charge is 2.54. The molecule has 3 fully saturated rings. The van der Waals surface area contributed by atoms with E-state index >= 15 is 0 Å². The summed E-state index contributed by atoms with van der Waals surface area (Å²) in [6.45, 7) is 3.19. The first kappa shape index (κ1) is 20.0. The number of carbonyl (C=O) groups excluding carboxylic acids is 3. The second-order valence-electron chi connectivity index (χ2n) is 8.57. The number of piperidine rings is 2. The van der Waals surface area contributed by atoms with Gasteiger partial charge in [0.25, 0.3) is 11.8 Å². The Morgan fingerprint density at radius 2 is 1.79 bits per heavy atom. The molecule has 1 atom stereocenters. The molecule has 4 rings (SSSR count). The van der Waals surface area contributed by atoms with Gasteiger partial charge in [-0.1, -0.05) is 6.07 Å². The van der Waals surface area contributed by atoms with Gasteiger partial charge < -0.3 is 15.5 Å². The third-order valence-electron chi connectivity index (χ3n) is 7.06. The van der Waals surface area contributed by atoms with Crippen molar-refractivity contribution in [3.05, 3.63) is 30.1 Å². The fraction of sp³-hybridized carbons (Fsp3) is 0.571. The second-order valence-corrected chi connectivity index (χ2v) is 8.57. The highest BCUT2D eigenvalue weighted by Crippen LogP contribution is 2.23. The van der Waals surface area contributed by atoms with Gasteiger partial charge in [-0.25, -0.2) is 9.29 Å². The molecule has 3 saturated heterocycles. The van der Waals surface area contributed by atoms with Gasteiger partial charge in [-0.15, -0.1) is 0 Å². The smallest absolute Gasteiger partial charge is 0.292 e. The minimum absolute atomic E-state index is 0.116. The Bertz CT molecular complexity index is 816.